The minimum Gasteiger partial charge on any atom is -0.490 e. The second-order valence-electron chi connectivity index (χ2n) is 5.07. The van der Waals surface area contributed by atoms with Crippen molar-refractivity contribution in [3.8, 4) is 5.75 Å². The van der Waals surface area contributed by atoms with Gasteiger partial charge in [-0.1, -0.05) is 18.5 Å². The third-order valence-electron chi connectivity index (χ3n) is 3.55. The number of hydrogen-bond donors (Lipinski definition) is 2. The maximum absolute atomic E-state index is 12.1. The van der Waals surface area contributed by atoms with Crippen LogP contribution >= 0.6 is 11.6 Å². The standard InChI is InChI=1S/C15H21ClN2O3/c1-2-12(5-7-19)17-15(20)10-18-6-8-21-14-4-3-11(16)9-13(14)18/h3-4,9,12,19H,2,5-8,10H2,1H3,(H,17,20). The summed E-state index contributed by atoms with van der Waals surface area (Å²) in [6.45, 7) is 3.53. The summed E-state index contributed by atoms with van der Waals surface area (Å²) in [5, 5.41) is 12.5. The molecule has 1 aliphatic heterocycles. The molecule has 1 unspecified atom stereocenters. The van der Waals surface area contributed by atoms with Crippen molar-refractivity contribution in [2.24, 2.45) is 0 Å². The fourth-order valence-corrected chi connectivity index (χ4v) is 2.56. The predicted octanol–water partition coefficient (Wildman–Crippen LogP) is 1.82. The second-order valence-corrected chi connectivity index (χ2v) is 5.50. The lowest BCUT2D eigenvalue weighted by Crippen LogP contribution is -2.44. The van der Waals surface area contributed by atoms with Gasteiger partial charge in [0.2, 0.25) is 5.91 Å². The molecule has 2 rings (SSSR count). The Hall–Kier alpha value is -1.46. The summed E-state index contributed by atoms with van der Waals surface area (Å²) in [6.07, 6.45) is 1.38. The molecule has 116 valence electrons. The molecule has 1 aromatic rings. The van der Waals surface area contributed by atoms with Crippen molar-refractivity contribution in [2.75, 3.05) is 31.2 Å². The summed E-state index contributed by atoms with van der Waals surface area (Å²) < 4.78 is 5.57. The molecule has 0 fully saturated rings. The molecule has 2 N–H and O–H groups in total. The van der Waals surface area contributed by atoms with Crippen LogP contribution in [0.2, 0.25) is 5.02 Å². The van der Waals surface area contributed by atoms with Crippen molar-refractivity contribution in [3.05, 3.63) is 23.2 Å². The quantitative estimate of drug-likeness (QED) is 0.841. The topological polar surface area (TPSA) is 61.8 Å². The fraction of sp³-hybridized carbons (Fsp3) is 0.533. The number of nitrogens with zero attached hydrogens (tertiary/aromatic N) is 1. The van der Waals surface area contributed by atoms with E-state index in [1.54, 1.807) is 6.07 Å². The van der Waals surface area contributed by atoms with Crippen molar-refractivity contribution < 1.29 is 14.6 Å². The number of anilines is 1. The molecule has 1 aliphatic rings. The third-order valence-corrected chi connectivity index (χ3v) is 3.79. The van der Waals surface area contributed by atoms with E-state index >= 15 is 0 Å². The Morgan fingerprint density at radius 1 is 1.57 bits per heavy atom. The lowest BCUT2D eigenvalue weighted by molar-refractivity contribution is -0.120. The van der Waals surface area contributed by atoms with Gasteiger partial charge in [0.1, 0.15) is 12.4 Å². The van der Waals surface area contributed by atoms with Gasteiger partial charge in [0, 0.05) is 17.7 Å². The van der Waals surface area contributed by atoms with E-state index in [9.17, 15) is 4.79 Å². The molecule has 6 heteroatoms. The minimum atomic E-state index is -0.0527. The van der Waals surface area contributed by atoms with Gasteiger partial charge in [-0.3, -0.25) is 4.79 Å². The van der Waals surface area contributed by atoms with Crippen molar-refractivity contribution in [2.45, 2.75) is 25.8 Å². The van der Waals surface area contributed by atoms with Gasteiger partial charge in [-0.05, 0) is 31.0 Å². The lowest BCUT2D eigenvalue weighted by atomic mass is 10.1. The Labute approximate surface area is 129 Å². The van der Waals surface area contributed by atoms with Gasteiger partial charge < -0.3 is 20.1 Å². The summed E-state index contributed by atoms with van der Waals surface area (Å²) in [5.41, 5.74) is 0.846. The van der Waals surface area contributed by atoms with Gasteiger partial charge in [0.05, 0.1) is 18.8 Å². The molecule has 0 saturated heterocycles. The van der Waals surface area contributed by atoms with Crippen LogP contribution in [-0.4, -0.2) is 43.4 Å². The molecule has 1 heterocycles. The average Bonchev–Trinajstić information content (AvgIpc) is 2.47. The number of carbonyl (C=O) groups excluding carboxylic acids is 1. The normalized spacial score (nSPS) is 15.1. The summed E-state index contributed by atoms with van der Waals surface area (Å²) in [7, 11) is 0. The molecular formula is C15H21ClN2O3. The highest BCUT2D eigenvalue weighted by Crippen LogP contribution is 2.33. The zero-order valence-corrected chi connectivity index (χ0v) is 12.9. The minimum absolute atomic E-state index is 0.0161. The molecule has 0 spiro atoms. The number of ether oxygens (including phenoxy) is 1. The Balaban J connectivity index is 2.01. The van der Waals surface area contributed by atoms with Crippen LogP contribution in [0.5, 0.6) is 5.75 Å². The van der Waals surface area contributed by atoms with E-state index in [1.807, 2.05) is 24.0 Å². The molecule has 0 radical (unpaired) electrons. The van der Waals surface area contributed by atoms with Crippen molar-refractivity contribution in [3.63, 3.8) is 0 Å². The van der Waals surface area contributed by atoms with E-state index < -0.39 is 0 Å². The van der Waals surface area contributed by atoms with E-state index in [2.05, 4.69) is 5.32 Å². The van der Waals surface area contributed by atoms with Gasteiger partial charge in [0.15, 0.2) is 0 Å². The predicted molar refractivity (Wildman–Crippen MR) is 83.1 cm³/mol. The zero-order valence-electron chi connectivity index (χ0n) is 12.1. The van der Waals surface area contributed by atoms with Crippen molar-refractivity contribution >= 4 is 23.2 Å². The first kappa shape index (κ1) is 15.9. The van der Waals surface area contributed by atoms with Crippen LogP contribution in [0, 0.1) is 0 Å². The molecular weight excluding hydrogens is 292 g/mol. The van der Waals surface area contributed by atoms with Crippen LogP contribution in [0.4, 0.5) is 5.69 Å². The molecule has 0 bridgehead atoms. The summed E-state index contributed by atoms with van der Waals surface area (Å²) in [4.78, 5) is 14.1. The molecule has 0 aliphatic carbocycles. The van der Waals surface area contributed by atoms with Crippen LogP contribution in [0.1, 0.15) is 19.8 Å². The SMILES string of the molecule is CCC(CCO)NC(=O)CN1CCOc2ccc(Cl)cc21. The third kappa shape index (κ3) is 4.25. The number of benzene rings is 1. The van der Waals surface area contributed by atoms with Crippen LogP contribution in [0.15, 0.2) is 18.2 Å². The number of halogens is 1. The highest BCUT2D eigenvalue weighted by molar-refractivity contribution is 6.31. The molecule has 21 heavy (non-hydrogen) atoms. The lowest BCUT2D eigenvalue weighted by Gasteiger charge is -2.31. The number of carbonyl (C=O) groups is 1. The number of amides is 1. The Morgan fingerprint density at radius 3 is 3.10 bits per heavy atom. The number of rotatable bonds is 6. The van der Waals surface area contributed by atoms with Gasteiger partial charge >= 0.3 is 0 Å². The highest BCUT2D eigenvalue weighted by atomic mass is 35.5. The Bertz CT molecular complexity index is 496. The fourth-order valence-electron chi connectivity index (χ4n) is 2.39. The molecule has 1 atom stereocenters. The smallest absolute Gasteiger partial charge is 0.239 e. The highest BCUT2D eigenvalue weighted by Gasteiger charge is 2.21. The average molecular weight is 313 g/mol. The van der Waals surface area contributed by atoms with E-state index in [-0.39, 0.29) is 25.1 Å². The number of aliphatic hydroxyl groups excluding tert-OH is 1. The van der Waals surface area contributed by atoms with E-state index in [4.69, 9.17) is 21.4 Å². The van der Waals surface area contributed by atoms with Crippen LogP contribution in [-0.2, 0) is 4.79 Å². The van der Waals surface area contributed by atoms with E-state index in [0.717, 1.165) is 17.9 Å². The molecule has 0 saturated carbocycles. The number of hydrogen-bond acceptors (Lipinski definition) is 4. The number of nitrogens with one attached hydrogen (secondary N) is 1. The monoisotopic (exact) mass is 312 g/mol. The Kier molecular flexibility index (Phi) is 5.70. The molecule has 0 aromatic heterocycles. The van der Waals surface area contributed by atoms with Gasteiger partial charge in [-0.25, -0.2) is 0 Å². The number of aliphatic hydroxyl groups is 1. The first-order valence-electron chi connectivity index (χ1n) is 7.21. The summed E-state index contributed by atoms with van der Waals surface area (Å²) in [5.74, 6) is 0.698. The molecule has 5 nitrogen and oxygen atoms in total. The van der Waals surface area contributed by atoms with Crippen LogP contribution < -0.4 is 15.0 Å². The van der Waals surface area contributed by atoms with Crippen molar-refractivity contribution in [1.82, 2.24) is 5.32 Å². The van der Waals surface area contributed by atoms with Gasteiger partial charge in [-0.15, -0.1) is 0 Å². The maximum atomic E-state index is 12.1. The van der Waals surface area contributed by atoms with Crippen LogP contribution in [0.3, 0.4) is 0 Å². The Morgan fingerprint density at radius 2 is 2.38 bits per heavy atom. The molecule has 1 amide bonds. The maximum Gasteiger partial charge on any atom is 0.239 e. The summed E-state index contributed by atoms with van der Waals surface area (Å²) >= 11 is 6.02. The van der Waals surface area contributed by atoms with Gasteiger partial charge in [0.25, 0.3) is 0 Å². The largest absolute Gasteiger partial charge is 0.490 e. The van der Waals surface area contributed by atoms with Crippen LogP contribution in [0.25, 0.3) is 0 Å². The summed E-state index contributed by atoms with van der Waals surface area (Å²) in [6, 6.07) is 5.43. The first-order chi connectivity index (χ1) is 10.1. The van der Waals surface area contributed by atoms with Crippen molar-refractivity contribution in [1.29, 1.82) is 0 Å². The second kappa shape index (κ2) is 7.52. The van der Waals surface area contributed by atoms with Gasteiger partial charge in [-0.2, -0.15) is 0 Å². The zero-order chi connectivity index (χ0) is 15.2. The van der Waals surface area contributed by atoms with E-state index in [1.165, 1.54) is 0 Å². The number of fused-ring (bicyclic) bond motifs is 1. The first-order valence-corrected chi connectivity index (χ1v) is 7.59. The molecule has 1 aromatic carbocycles. The van der Waals surface area contributed by atoms with E-state index in [0.29, 0.717) is 24.6 Å².